The van der Waals surface area contributed by atoms with Crippen LogP contribution < -0.4 is 5.73 Å². The fourth-order valence-corrected chi connectivity index (χ4v) is 1.86. The Morgan fingerprint density at radius 3 is 2.61 bits per heavy atom. The molecule has 0 heterocycles. The number of halogens is 2. The Hall–Kier alpha value is -1.01. The summed E-state index contributed by atoms with van der Waals surface area (Å²) in [4.78, 5) is 11.4. The molecule has 1 rings (SSSR count). The third-order valence-electron chi connectivity index (χ3n) is 2.42. The molecule has 0 aliphatic heterocycles. The molecule has 100 valence electrons. The molecule has 0 spiro atoms. The summed E-state index contributed by atoms with van der Waals surface area (Å²) >= 11 is 11.3. The van der Waals surface area contributed by atoms with Gasteiger partial charge in [-0.25, -0.2) is 4.79 Å². The van der Waals surface area contributed by atoms with Gasteiger partial charge < -0.3 is 20.7 Å². The number of alkyl halides is 1. The number of carbonyl (C=O) groups is 1. The quantitative estimate of drug-likeness (QED) is 0.443. The number of hydrogen-bond donors (Lipinski definition) is 3. The van der Waals surface area contributed by atoms with Crippen LogP contribution in [0.15, 0.2) is 12.1 Å². The van der Waals surface area contributed by atoms with E-state index in [2.05, 4.69) is 4.74 Å². The summed E-state index contributed by atoms with van der Waals surface area (Å²) in [5.41, 5.74) is 5.98. The SMILES string of the molecule is COC(=O)c1cc(C(O)C(O)CCl)c(Cl)cc1N. The number of methoxy groups -OCH3 is 1. The van der Waals surface area contributed by atoms with Crippen LogP contribution in [0.5, 0.6) is 0 Å². The maximum atomic E-state index is 11.4. The second-order valence-corrected chi connectivity index (χ2v) is 4.33. The van der Waals surface area contributed by atoms with Crippen molar-refractivity contribution in [2.75, 3.05) is 18.7 Å². The van der Waals surface area contributed by atoms with E-state index in [1.807, 2.05) is 0 Å². The normalized spacial score (nSPS) is 14.1. The number of hydrogen-bond acceptors (Lipinski definition) is 5. The van der Waals surface area contributed by atoms with Crippen LogP contribution >= 0.6 is 23.2 Å². The number of nitrogens with two attached hydrogens (primary N) is 1. The Morgan fingerprint density at radius 1 is 1.50 bits per heavy atom. The van der Waals surface area contributed by atoms with E-state index in [0.29, 0.717) is 0 Å². The summed E-state index contributed by atoms with van der Waals surface area (Å²) in [6, 6.07) is 2.59. The zero-order valence-corrected chi connectivity index (χ0v) is 11.1. The summed E-state index contributed by atoms with van der Waals surface area (Å²) in [5, 5.41) is 19.4. The molecule has 0 amide bonds. The summed E-state index contributed by atoms with van der Waals surface area (Å²) in [6.45, 7) is 0. The lowest BCUT2D eigenvalue weighted by molar-refractivity contribution is 0.0326. The van der Waals surface area contributed by atoms with Crippen molar-refractivity contribution in [3.8, 4) is 0 Å². The first-order chi connectivity index (χ1) is 8.42. The van der Waals surface area contributed by atoms with Crippen molar-refractivity contribution in [2.45, 2.75) is 12.2 Å². The van der Waals surface area contributed by atoms with E-state index in [1.165, 1.54) is 19.2 Å². The molecule has 0 saturated heterocycles. The molecular formula is C11H13Cl2NO4. The minimum Gasteiger partial charge on any atom is -0.465 e. The van der Waals surface area contributed by atoms with Gasteiger partial charge in [0.2, 0.25) is 0 Å². The Balaban J connectivity index is 3.24. The van der Waals surface area contributed by atoms with Crippen LogP contribution in [0.4, 0.5) is 5.69 Å². The van der Waals surface area contributed by atoms with Crippen LogP contribution in [0.2, 0.25) is 5.02 Å². The number of rotatable bonds is 4. The van der Waals surface area contributed by atoms with Gasteiger partial charge >= 0.3 is 5.97 Å². The van der Waals surface area contributed by atoms with Gasteiger partial charge in [-0.2, -0.15) is 0 Å². The summed E-state index contributed by atoms with van der Waals surface area (Å²) < 4.78 is 4.55. The molecule has 0 aliphatic rings. The maximum absolute atomic E-state index is 11.4. The highest BCUT2D eigenvalue weighted by molar-refractivity contribution is 6.32. The fourth-order valence-electron chi connectivity index (χ4n) is 1.41. The van der Waals surface area contributed by atoms with E-state index in [1.54, 1.807) is 0 Å². The molecule has 0 aromatic heterocycles. The minimum atomic E-state index is -1.31. The third kappa shape index (κ3) is 3.05. The predicted molar refractivity (Wildman–Crippen MR) is 68.9 cm³/mol. The number of aliphatic hydroxyl groups is 2. The monoisotopic (exact) mass is 293 g/mol. The minimum absolute atomic E-state index is 0.0673. The molecule has 18 heavy (non-hydrogen) atoms. The largest absolute Gasteiger partial charge is 0.465 e. The standard InChI is InChI=1S/C11H13Cl2NO4/c1-18-11(17)6-2-5(7(13)3-8(6)14)10(16)9(15)4-12/h2-3,9-10,15-16H,4,14H2,1H3. The third-order valence-corrected chi connectivity index (χ3v) is 3.06. The number of aliphatic hydroxyl groups excluding tert-OH is 2. The van der Waals surface area contributed by atoms with Crippen molar-refractivity contribution >= 4 is 34.9 Å². The first-order valence-electron chi connectivity index (χ1n) is 5.01. The van der Waals surface area contributed by atoms with Gasteiger partial charge in [-0.15, -0.1) is 11.6 Å². The molecule has 1 aromatic carbocycles. The van der Waals surface area contributed by atoms with Gasteiger partial charge in [-0.05, 0) is 12.1 Å². The van der Waals surface area contributed by atoms with Crippen molar-refractivity contribution in [1.29, 1.82) is 0 Å². The number of nitrogen functional groups attached to an aromatic ring is 1. The van der Waals surface area contributed by atoms with Crippen molar-refractivity contribution in [3.63, 3.8) is 0 Å². The van der Waals surface area contributed by atoms with Gasteiger partial charge in [-0.1, -0.05) is 11.6 Å². The second kappa shape index (κ2) is 6.24. The number of anilines is 1. The maximum Gasteiger partial charge on any atom is 0.339 e. The molecule has 7 heteroatoms. The molecule has 0 saturated carbocycles. The van der Waals surface area contributed by atoms with Crippen LogP contribution in [-0.2, 0) is 4.74 Å². The molecule has 2 atom stereocenters. The summed E-state index contributed by atoms with van der Waals surface area (Å²) in [5.74, 6) is -0.826. The predicted octanol–water partition coefficient (Wildman–Crippen LogP) is 1.34. The van der Waals surface area contributed by atoms with E-state index in [9.17, 15) is 15.0 Å². The topological polar surface area (TPSA) is 92.8 Å². The number of esters is 1. The first kappa shape index (κ1) is 15.0. The Morgan fingerprint density at radius 2 is 2.11 bits per heavy atom. The van der Waals surface area contributed by atoms with Gasteiger partial charge in [0.05, 0.1) is 24.7 Å². The van der Waals surface area contributed by atoms with E-state index in [4.69, 9.17) is 28.9 Å². The molecule has 0 aliphatic carbocycles. The summed E-state index contributed by atoms with van der Waals surface area (Å²) in [6.07, 6.45) is -2.50. The van der Waals surface area contributed by atoms with E-state index < -0.39 is 18.2 Å². The molecule has 0 radical (unpaired) electrons. The number of benzene rings is 1. The first-order valence-corrected chi connectivity index (χ1v) is 5.93. The molecular weight excluding hydrogens is 281 g/mol. The van der Waals surface area contributed by atoms with Gasteiger partial charge in [0.15, 0.2) is 0 Å². The van der Waals surface area contributed by atoms with E-state index in [-0.39, 0.29) is 27.7 Å². The molecule has 4 N–H and O–H groups in total. The molecule has 5 nitrogen and oxygen atoms in total. The molecule has 2 unspecified atom stereocenters. The lowest BCUT2D eigenvalue weighted by Gasteiger charge is -2.18. The highest BCUT2D eigenvalue weighted by Crippen LogP contribution is 2.30. The summed E-state index contributed by atoms with van der Waals surface area (Å²) in [7, 11) is 1.21. The van der Waals surface area contributed by atoms with Crippen molar-refractivity contribution < 1.29 is 19.7 Å². The van der Waals surface area contributed by atoms with E-state index in [0.717, 1.165) is 0 Å². The molecule has 1 aromatic rings. The Bertz CT molecular complexity index is 453. The lowest BCUT2D eigenvalue weighted by atomic mass is 10.0. The van der Waals surface area contributed by atoms with Crippen molar-refractivity contribution in [2.24, 2.45) is 0 Å². The smallest absolute Gasteiger partial charge is 0.339 e. The van der Waals surface area contributed by atoms with Crippen LogP contribution in [-0.4, -0.2) is 35.3 Å². The van der Waals surface area contributed by atoms with Gasteiger partial charge in [0, 0.05) is 16.3 Å². The van der Waals surface area contributed by atoms with E-state index >= 15 is 0 Å². The zero-order chi connectivity index (χ0) is 13.9. The van der Waals surface area contributed by atoms with Crippen LogP contribution in [0.25, 0.3) is 0 Å². The van der Waals surface area contributed by atoms with Crippen LogP contribution in [0.1, 0.15) is 22.0 Å². The van der Waals surface area contributed by atoms with Gasteiger partial charge in [0.25, 0.3) is 0 Å². The average Bonchev–Trinajstić information content (AvgIpc) is 2.36. The highest BCUT2D eigenvalue weighted by atomic mass is 35.5. The average molecular weight is 294 g/mol. The zero-order valence-electron chi connectivity index (χ0n) is 9.56. The Kier molecular flexibility index (Phi) is 5.22. The number of carbonyl (C=O) groups excluding carboxylic acids is 1. The Labute approximate surface area is 114 Å². The van der Waals surface area contributed by atoms with Crippen molar-refractivity contribution in [3.05, 3.63) is 28.3 Å². The van der Waals surface area contributed by atoms with Crippen LogP contribution in [0.3, 0.4) is 0 Å². The van der Waals surface area contributed by atoms with Crippen LogP contribution in [0, 0.1) is 0 Å². The number of ether oxygens (including phenoxy) is 1. The molecule has 0 bridgehead atoms. The highest BCUT2D eigenvalue weighted by Gasteiger charge is 2.23. The second-order valence-electron chi connectivity index (χ2n) is 3.62. The van der Waals surface area contributed by atoms with Gasteiger partial charge in [0.1, 0.15) is 6.10 Å². The molecule has 0 fully saturated rings. The van der Waals surface area contributed by atoms with Gasteiger partial charge in [-0.3, -0.25) is 0 Å². The van der Waals surface area contributed by atoms with Crippen molar-refractivity contribution in [1.82, 2.24) is 0 Å². The lowest BCUT2D eigenvalue weighted by Crippen LogP contribution is -2.20. The fraction of sp³-hybridized carbons (Fsp3) is 0.364.